The van der Waals surface area contributed by atoms with Crippen molar-refractivity contribution in [2.24, 2.45) is 0 Å². The zero-order chi connectivity index (χ0) is 54.3. The molecule has 1 amide bonds. The number of unbranched alkanes of at least 4 members (excludes halogenated alkanes) is 46. The van der Waals surface area contributed by atoms with E-state index in [2.05, 4.69) is 31.3 Å². The van der Waals surface area contributed by atoms with Gasteiger partial charge in [0.05, 0.1) is 25.4 Å². The first-order chi connectivity index (χ1) is 36.8. The van der Waals surface area contributed by atoms with Crippen LogP contribution in [0.3, 0.4) is 0 Å². The number of nitrogens with one attached hydrogen (secondary N) is 1. The Labute approximate surface area is 464 Å². The van der Waals surface area contributed by atoms with Gasteiger partial charge in [0.2, 0.25) is 5.91 Å². The maximum absolute atomic E-state index is 13.1. The summed E-state index contributed by atoms with van der Waals surface area (Å²) in [5.41, 5.74) is 0. The second-order valence-electron chi connectivity index (χ2n) is 23.3. The summed E-state index contributed by atoms with van der Waals surface area (Å²) in [5.74, 6) is -0.171. The van der Waals surface area contributed by atoms with Gasteiger partial charge in [-0.2, -0.15) is 0 Å². The lowest BCUT2D eigenvalue weighted by Crippen LogP contribution is -2.60. The van der Waals surface area contributed by atoms with Gasteiger partial charge in [0.15, 0.2) is 6.29 Å². The molecule has 0 aromatic carbocycles. The molecule has 7 unspecified atom stereocenters. The van der Waals surface area contributed by atoms with E-state index in [1.807, 2.05) is 6.08 Å². The van der Waals surface area contributed by atoms with Crippen molar-refractivity contribution in [1.29, 1.82) is 0 Å². The Morgan fingerprint density at radius 3 is 1.08 bits per heavy atom. The summed E-state index contributed by atoms with van der Waals surface area (Å²) < 4.78 is 11.3. The Morgan fingerprint density at radius 1 is 0.440 bits per heavy atom. The summed E-state index contributed by atoms with van der Waals surface area (Å²) in [4.78, 5) is 13.1. The molecule has 75 heavy (non-hydrogen) atoms. The quantitative estimate of drug-likeness (QED) is 0.0261. The van der Waals surface area contributed by atoms with Gasteiger partial charge in [-0.3, -0.25) is 4.79 Å². The van der Waals surface area contributed by atoms with Crippen LogP contribution in [0.4, 0.5) is 0 Å². The molecule has 0 radical (unpaired) electrons. The van der Waals surface area contributed by atoms with Gasteiger partial charge in [0.25, 0.3) is 0 Å². The van der Waals surface area contributed by atoms with Crippen LogP contribution < -0.4 is 5.32 Å². The van der Waals surface area contributed by atoms with Crippen LogP contribution in [0.1, 0.15) is 335 Å². The number of allylic oxidation sites excluding steroid dienone is 3. The van der Waals surface area contributed by atoms with Gasteiger partial charge in [-0.15, -0.1) is 0 Å². The number of rotatable bonds is 58. The molecule has 6 N–H and O–H groups in total. The molecule has 9 heteroatoms. The average molecular weight is 1060 g/mol. The van der Waals surface area contributed by atoms with E-state index in [-0.39, 0.29) is 12.5 Å². The lowest BCUT2D eigenvalue weighted by atomic mass is 9.99. The maximum atomic E-state index is 13.1. The molecule has 0 bridgehead atoms. The number of hydrogen-bond donors (Lipinski definition) is 6. The highest BCUT2D eigenvalue weighted by Crippen LogP contribution is 2.23. The number of aliphatic hydroxyl groups excluding tert-OH is 5. The minimum absolute atomic E-state index is 0.171. The smallest absolute Gasteiger partial charge is 0.220 e. The predicted octanol–water partition coefficient (Wildman–Crippen LogP) is 17.3. The molecule has 0 aliphatic carbocycles. The van der Waals surface area contributed by atoms with Gasteiger partial charge >= 0.3 is 0 Å². The third-order valence-corrected chi connectivity index (χ3v) is 16.0. The number of hydrogen-bond acceptors (Lipinski definition) is 8. The third kappa shape index (κ3) is 45.1. The largest absolute Gasteiger partial charge is 0.394 e. The van der Waals surface area contributed by atoms with Crippen LogP contribution in [0, 0.1) is 0 Å². The van der Waals surface area contributed by atoms with Crippen LogP contribution in [0.2, 0.25) is 0 Å². The number of ether oxygens (including phenoxy) is 2. The molecule has 444 valence electrons. The number of amides is 1. The van der Waals surface area contributed by atoms with Crippen molar-refractivity contribution in [3.05, 3.63) is 24.3 Å². The molecule has 1 fully saturated rings. The maximum Gasteiger partial charge on any atom is 0.220 e. The summed E-state index contributed by atoms with van der Waals surface area (Å²) in [5, 5.41) is 54.7. The van der Waals surface area contributed by atoms with Crippen molar-refractivity contribution < 1.29 is 39.8 Å². The van der Waals surface area contributed by atoms with Crippen LogP contribution in [0.5, 0.6) is 0 Å². The van der Waals surface area contributed by atoms with E-state index in [9.17, 15) is 30.3 Å². The third-order valence-electron chi connectivity index (χ3n) is 16.0. The van der Waals surface area contributed by atoms with Crippen LogP contribution in [0.25, 0.3) is 0 Å². The molecule has 0 aromatic rings. The van der Waals surface area contributed by atoms with Crippen molar-refractivity contribution in [2.75, 3.05) is 13.2 Å². The fraction of sp³-hybridized carbons (Fsp3) is 0.924. The van der Waals surface area contributed by atoms with Gasteiger partial charge in [-0.05, 0) is 44.9 Å². The Morgan fingerprint density at radius 2 is 0.747 bits per heavy atom. The van der Waals surface area contributed by atoms with Crippen molar-refractivity contribution in [3.8, 4) is 0 Å². The number of carbonyl (C=O) groups is 1. The van der Waals surface area contributed by atoms with Crippen molar-refractivity contribution >= 4 is 5.91 Å². The van der Waals surface area contributed by atoms with Gasteiger partial charge < -0.3 is 40.3 Å². The highest BCUT2D eigenvalue weighted by Gasteiger charge is 2.44. The molecule has 1 saturated heterocycles. The summed E-state index contributed by atoms with van der Waals surface area (Å²) in [6.45, 7) is 3.83. The SMILES string of the molecule is CCCCCCCCCCCCCC/C=C\CCCCCCCCCCCCCCCC(=O)NC(COC1OC(CO)C(O)C(O)C1O)C(O)/C=C/CCCCCCCCCCCCCCCCCCCCCCC. The predicted molar refractivity (Wildman–Crippen MR) is 318 cm³/mol. The molecule has 1 rings (SSSR count). The molecule has 7 atom stereocenters. The fourth-order valence-corrected chi connectivity index (χ4v) is 10.8. The number of carbonyl (C=O) groups excluding carboxylic acids is 1. The van der Waals surface area contributed by atoms with E-state index in [1.165, 1.54) is 276 Å². The summed E-state index contributed by atoms with van der Waals surface area (Å²) >= 11 is 0. The van der Waals surface area contributed by atoms with Crippen LogP contribution in [0.15, 0.2) is 24.3 Å². The van der Waals surface area contributed by atoms with Gasteiger partial charge in [-0.25, -0.2) is 0 Å². The van der Waals surface area contributed by atoms with E-state index in [4.69, 9.17) is 9.47 Å². The molecule has 9 nitrogen and oxygen atoms in total. The normalized spacial score (nSPS) is 18.9. The standard InChI is InChI=1S/C66H127NO8/c1-3-5-7-9-11-13-15-17-19-21-23-25-27-28-29-30-31-32-34-36-38-40-42-44-46-48-50-52-54-56-62(70)67-59(58-74-66-65(73)64(72)63(71)61(57-68)75-66)60(69)55-53-51-49-47-45-43-41-39-37-35-33-26-24-22-20-18-16-14-12-10-8-6-4-2/h28-29,53,55,59-61,63-66,68-69,71-73H,3-27,30-52,54,56-58H2,1-2H3,(H,67,70)/b29-28-,55-53+. The molecule has 0 spiro atoms. The van der Waals surface area contributed by atoms with E-state index in [1.54, 1.807) is 6.08 Å². The first kappa shape index (κ1) is 71.7. The second kappa shape index (κ2) is 56.0. The minimum atomic E-state index is -1.57. The number of aliphatic hydroxyl groups is 5. The van der Waals surface area contributed by atoms with E-state index >= 15 is 0 Å². The first-order valence-corrected chi connectivity index (χ1v) is 33.1. The zero-order valence-corrected chi connectivity index (χ0v) is 49.6. The van der Waals surface area contributed by atoms with Gasteiger partial charge in [0.1, 0.15) is 24.4 Å². The highest BCUT2D eigenvalue weighted by molar-refractivity contribution is 5.76. The van der Waals surface area contributed by atoms with Crippen molar-refractivity contribution in [1.82, 2.24) is 5.32 Å². The van der Waals surface area contributed by atoms with Gasteiger partial charge in [0, 0.05) is 6.42 Å². The summed E-state index contributed by atoms with van der Waals surface area (Å²) in [6.07, 6.45) is 65.5. The topological polar surface area (TPSA) is 149 Å². The van der Waals surface area contributed by atoms with Gasteiger partial charge in [-0.1, -0.05) is 308 Å². The molecular formula is C66H127NO8. The zero-order valence-electron chi connectivity index (χ0n) is 49.6. The monoisotopic (exact) mass is 1060 g/mol. The molecular weight excluding hydrogens is 935 g/mol. The Hall–Kier alpha value is -1.33. The van der Waals surface area contributed by atoms with Crippen LogP contribution in [-0.2, 0) is 14.3 Å². The molecule has 1 heterocycles. The van der Waals surface area contributed by atoms with E-state index in [0.29, 0.717) is 6.42 Å². The Balaban J connectivity index is 2.15. The lowest BCUT2D eigenvalue weighted by molar-refractivity contribution is -0.302. The van der Waals surface area contributed by atoms with Crippen LogP contribution in [-0.4, -0.2) is 87.5 Å². The Kier molecular flexibility index (Phi) is 53.5. The molecule has 1 aliphatic rings. The Bertz CT molecular complexity index is 1230. The molecule has 1 aliphatic heterocycles. The van der Waals surface area contributed by atoms with Crippen LogP contribution >= 0.6 is 0 Å². The molecule has 0 aromatic heterocycles. The fourth-order valence-electron chi connectivity index (χ4n) is 10.8. The second-order valence-corrected chi connectivity index (χ2v) is 23.3. The van der Waals surface area contributed by atoms with E-state index < -0.39 is 49.5 Å². The minimum Gasteiger partial charge on any atom is -0.394 e. The highest BCUT2D eigenvalue weighted by atomic mass is 16.7. The summed E-state index contributed by atoms with van der Waals surface area (Å²) in [6, 6.07) is -0.804. The summed E-state index contributed by atoms with van der Waals surface area (Å²) in [7, 11) is 0. The van der Waals surface area contributed by atoms with E-state index in [0.717, 1.165) is 38.5 Å². The van der Waals surface area contributed by atoms with Crippen molar-refractivity contribution in [3.63, 3.8) is 0 Å². The average Bonchev–Trinajstić information content (AvgIpc) is 3.41. The lowest BCUT2D eigenvalue weighted by Gasteiger charge is -2.40. The van der Waals surface area contributed by atoms with Crippen molar-refractivity contribution in [2.45, 2.75) is 378 Å². The molecule has 0 saturated carbocycles. The first-order valence-electron chi connectivity index (χ1n) is 33.1.